The van der Waals surface area contributed by atoms with E-state index in [0.29, 0.717) is 6.61 Å². The number of ether oxygens (including phenoxy) is 1. The zero-order valence-electron chi connectivity index (χ0n) is 18.2. The molecule has 4 rings (SSSR count). The first-order valence-electron chi connectivity index (χ1n) is 11.5. The highest BCUT2D eigenvalue weighted by Crippen LogP contribution is 2.26. The summed E-state index contributed by atoms with van der Waals surface area (Å²) in [6, 6.07) is 10.6. The molecule has 1 N–H and O–H groups in total. The first-order valence-corrected chi connectivity index (χ1v) is 11.5. The van der Waals surface area contributed by atoms with Crippen LogP contribution in [0, 0.1) is 0 Å². The minimum absolute atomic E-state index is 0.634. The van der Waals surface area contributed by atoms with Crippen LogP contribution in [0.15, 0.2) is 106 Å². The zero-order valence-corrected chi connectivity index (χ0v) is 18.2. The van der Waals surface area contributed by atoms with Crippen molar-refractivity contribution in [3.63, 3.8) is 0 Å². The van der Waals surface area contributed by atoms with Gasteiger partial charge in [-0.2, -0.15) is 0 Å². The van der Waals surface area contributed by atoms with Crippen LogP contribution in [0.2, 0.25) is 0 Å². The first-order chi connectivity index (χ1) is 15.4. The monoisotopic (exact) mass is 412 g/mol. The number of nitrogens with one attached hydrogen (secondary N) is 1. The first kappa shape index (κ1) is 21.3. The van der Waals surface area contributed by atoms with E-state index in [2.05, 4.69) is 78.2 Å². The molecule has 0 bridgehead atoms. The van der Waals surface area contributed by atoms with E-state index in [0.717, 1.165) is 63.2 Å². The molecule has 3 nitrogen and oxygen atoms in total. The van der Waals surface area contributed by atoms with Crippen LogP contribution in [0.4, 0.5) is 0 Å². The molecule has 0 amide bonds. The zero-order chi connectivity index (χ0) is 21.1. The van der Waals surface area contributed by atoms with E-state index in [-0.39, 0.29) is 0 Å². The van der Waals surface area contributed by atoms with Gasteiger partial charge in [0.1, 0.15) is 0 Å². The number of rotatable bonds is 5. The summed E-state index contributed by atoms with van der Waals surface area (Å²) >= 11 is 0. The Balaban J connectivity index is 1.53. The van der Waals surface area contributed by atoms with Crippen molar-refractivity contribution in [1.29, 1.82) is 0 Å². The molecule has 1 aromatic carbocycles. The number of hydrogen-bond acceptors (Lipinski definition) is 3. The molecule has 0 saturated carbocycles. The smallest absolute Gasteiger partial charge is 0.216 e. The fraction of sp³-hybridized carbons (Fsp3) is 0.321. The molecule has 3 heteroatoms. The molecule has 3 aliphatic rings. The van der Waals surface area contributed by atoms with Gasteiger partial charge in [0.2, 0.25) is 5.90 Å². The van der Waals surface area contributed by atoms with Crippen LogP contribution in [0.5, 0.6) is 0 Å². The number of hydrogen-bond donors (Lipinski definition) is 1. The van der Waals surface area contributed by atoms with E-state index in [9.17, 15) is 0 Å². The second-order valence-corrected chi connectivity index (χ2v) is 8.11. The summed E-state index contributed by atoms with van der Waals surface area (Å²) < 4.78 is 6.39. The molecule has 2 aliphatic heterocycles. The Labute approximate surface area is 186 Å². The summed E-state index contributed by atoms with van der Waals surface area (Å²) in [6.07, 6.45) is 22.9. The lowest BCUT2D eigenvalue weighted by Crippen LogP contribution is -2.17. The number of aliphatic imine (C=N–C) groups is 1. The largest absolute Gasteiger partial charge is 0.477 e. The van der Waals surface area contributed by atoms with E-state index in [1.54, 1.807) is 0 Å². The van der Waals surface area contributed by atoms with Crippen molar-refractivity contribution in [2.75, 3.05) is 19.7 Å². The average Bonchev–Trinajstić information content (AvgIpc) is 2.99. The Morgan fingerprint density at radius 3 is 2.68 bits per heavy atom. The predicted octanol–water partition coefficient (Wildman–Crippen LogP) is 6.00. The quantitative estimate of drug-likeness (QED) is 0.643. The Morgan fingerprint density at radius 1 is 0.903 bits per heavy atom. The van der Waals surface area contributed by atoms with Crippen molar-refractivity contribution in [2.45, 2.75) is 38.5 Å². The topological polar surface area (TPSA) is 33.6 Å². The highest BCUT2D eigenvalue weighted by molar-refractivity contribution is 5.95. The third kappa shape index (κ3) is 6.53. The summed E-state index contributed by atoms with van der Waals surface area (Å²) in [5.41, 5.74) is 6.51. The minimum Gasteiger partial charge on any atom is -0.477 e. The summed E-state index contributed by atoms with van der Waals surface area (Å²) in [5.74, 6) is 0.839. The van der Waals surface area contributed by atoms with Crippen LogP contribution in [0.1, 0.15) is 37.7 Å². The summed E-state index contributed by atoms with van der Waals surface area (Å²) in [6.45, 7) is 2.67. The molecule has 0 radical (unpaired) electrons. The van der Waals surface area contributed by atoms with E-state index in [1.165, 1.54) is 22.3 Å². The third-order valence-corrected chi connectivity index (χ3v) is 5.83. The van der Waals surface area contributed by atoms with Crippen LogP contribution in [-0.2, 0) is 11.2 Å². The highest BCUT2D eigenvalue weighted by atomic mass is 16.5. The lowest BCUT2D eigenvalue weighted by Gasteiger charge is -2.19. The van der Waals surface area contributed by atoms with Gasteiger partial charge in [-0.3, -0.25) is 0 Å². The van der Waals surface area contributed by atoms with Gasteiger partial charge >= 0.3 is 0 Å². The van der Waals surface area contributed by atoms with Gasteiger partial charge in [-0.25, -0.2) is 4.99 Å². The van der Waals surface area contributed by atoms with Crippen molar-refractivity contribution in [3.8, 4) is 0 Å². The van der Waals surface area contributed by atoms with Crippen LogP contribution in [0.25, 0.3) is 0 Å². The fourth-order valence-electron chi connectivity index (χ4n) is 4.17. The Hall–Kier alpha value is -2.91. The van der Waals surface area contributed by atoms with Gasteiger partial charge in [-0.05, 0) is 49.9 Å². The number of benzene rings is 1. The van der Waals surface area contributed by atoms with Gasteiger partial charge in [-0.1, -0.05) is 84.5 Å². The number of nitrogens with zero attached hydrogens (tertiary/aromatic N) is 1. The lowest BCUT2D eigenvalue weighted by molar-refractivity contribution is 0.308. The summed E-state index contributed by atoms with van der Waals surface area (Å²) in [5, 5.41) is 3.54. The maximum absolute atomic E-state index is 6.39. The standard InChI is InChI=1S/C28H32N2O/c1-2-5-10-23(11-6-3-1)18-21-31-28-27-17-20-29-19-16-25(27)14-9-15-26(30-28)22-24-12-7-4-8-13-24/h1-8,10-13,15,29H,9,14,16-22H2/b2-1+,3-1?,5-2?,6-3+,10-5-,11-6?,23-10?,23-11+,26-15+,30-28?. The second-order valence-electron chi connectivity index (χ2n) is 8.11. The van der Waals surface area contributed by atoms with Gasteiger partial charge in [0, 0.05) is 24.1 Å². The molecule has 0 spiro atoms. The molecule has 0 unspecified atom stereocenters. The predicted molar refractivity (Wildman–Crippen MR) is 130 cm³/mol. The Kier molecular flexibility index (Phi) is 7.89. The van der Waals surface area contributed by atoms with Crippen molar-refractivity contribution in [2.24, 2.45) is 4.99 Å². The van der Waals surface area contributed by atoms with Crippen LogP contribution < -0.4 is 5.32 Å². The SMILES string of the molecule is C1=C\C(CCOC2=N/C(Cc3ccccc3)=C/CCC3=C2CCNCC3)=C/C=C/C=C/1. The van der Waals surface area contributed by atoms with Crippen molar-refractivity contribution in [3.05, 3.63) is 107 Å². The second kappa shape index (κ2) is 11.5. The van der Waals surface area contributed by atoms with Gasteiger partial charge in [-0.15, -0.1) is 0 Å². The van der Waals surface area contributed by atoms with E-state index in [1.807, 2.05) is 6.08 Å². The van der Waals surface area contributed by atoms with Crippen molar-refractivity contribution < 1.29 is 4.74 Å². The molecular formula is C28H32N2O. The summed E-state index contributed by atoms with van der Waals surface area (Å²) in [7, 11) is 0. The van der Waals surface area contributed by atoms with Crippen molar-refractivity contribution >= 4 is 5.90 Å². The molecule has 1 aromatic rings. The van der Waals surface area contributed by atoms with Crippen molar-refractivity contribution in [1.82, 2.24) is 5.32 Å². The molecule has 2 heterocycles. The average molecular weight is 413 g/mol. The van der Waals surface area contributed by atoms with Gasteiger partial charge < -0.3 is 10.1 Å². The third-order valence-electron chi connectivity index (χ3n) is 5.83. The molecular weight excluding hydrogens is 380 g/mol. The highest BCUT2D eigenvalue weighted by Gasteiger charge is 2.19. The minimum atomic E-state index is 0.634. The molecule has 0 atom stereocenters. The number of allylic oxidation sites excluding steroid dienone is 9. The molecule has 0 aromatic heterocycles. The Morgan fingerprint density at radius 2 is 1.74 bits per heavy atom. The maximum atomic E-state index is 6.39. The van der Waals surface area contributed by atoms with Crippen LogP contribution in [0.3, 0.4) is 0 Å². The molecule has 0 saturated heterocycles. The van der Waals surface area contributed by atoms with Crippen LogP contribution in [-0.4, -0.2) is 25.6 Å². The Bertz CT molecular complexity index is 958. The molecule has 0 fully saturated rings. The van der Waals surface area contributed by atoms with Crippen LogP contribution >= 0.6 is 0 Å². The normalized spacial score (nSPS) is 25.6. The van der Waals surface area contributed by atoms with E-state index in [4.69, 9.17) is 9.73 Å². The molecule has 160 valence electrons. The van der Waals surface area contributed by atoms with Gasteiger partial charge in [0.15, 0.2) is 0 Å². The van der Waals surface area contributed by atoms with Gasteiger partial charge in [0.25, 0.3) is 0 Å². The molecule has 1 aliphatic carbocycles. The van der Waals surface area contributed by atoms with E-state index >= 15 is 0 Å². The summed E-state index contributed by atoms with van der Waals surface area (Å²) in [4.78, 5) is 5.08. The van der Waals surface area contributed by atoms with E-state index < -0.39 is 0 Å². The maximum Gasteiger partial charge on any atom is 0.216 e. The fourth-order valence-corrected chi connectivity index (χ4v) is 4.17. The lowest BCUT2D eigenvalue weighted by atomic mass is 9.96. The van der Waals surface area contributed by atoms with Gasteiger partial charge in [0.05, 0.1) is 6.61 Å². The molecule has 31 heavy (non-hydrogen) atoms.